The summed E-state index contributed by atoms with van der Waals surface area (Å²) in [4.78, 5) is 4.71. The zero-order valence-corrected chi connectivity index (χ0v) is 25.6. The molecule has 7 heteroatoms. The number of phenols is 1. The van der Waals surface area contributed by atoms with Crippen LogP contribution in [0.4, 0.5) is 5.69 Å². The van der Waals surface area contributed by atoms with E-state index in [4.69, 9.17) is 18.9 Å². The van der Waals surface area contributed by atoms with E-state index in [2.05, 4.69) is 66.2 Å². The largest absolute Gasteiger partial charge is 0.508 e. The fourth-order valence-corrected chi connectivity index (χ4v) is 6.32. The fraction of sp³-hybridized carbons (Fsp3) is 0.486. The number of nitrogens with zero attached hydrogens (tertiary/aromatic N) is 2. The third-order valence-corrected chi connectivity index (χ3v) is 8.69. The summed E-state index contributed by atoms with van der Waals surface area (Å²) < 4.78 is 23.3. The monoisotopic (exact) mass is 574 g/mol. The molecule has 226 valence electrons. The van der Waals surface area contributed by atoms with Crippen LogP contribution in [0, 0.1) is 0 Å². The summed E-state index contributed by atoms with van der Waals surface area (Å²) in [6.07, 6.45) is 5.60. The van der Waals surface area contributed by atoms with Crippen LogP contribution in [0.25, 0.3) is 0 Å². The zero-order chi connectivity index (χ0) is 29.5. The molecule has 3 aromatic carbocycles. The molecule has 7 nitrogen and oxygen atoms in total. The lowest BCUT2D eigenvalue weighted by molar-refractivity contribution is 0.0771. The fourth-order valence-electron chi connectivity index (χ4n) is 6.32. The Morgan fingerprint density at radius 1 is 0.952 bits per heavy atom. The number of hydrogen-bond donors (Lipinski definition) is 1. The average Bonchev–Trinajstić information content (AvgIpc) is 3.52. The van der Waals surface area contributed by atoms with Crippen molar-refractivity contribution in [3.05, 3.63) is 76.9 Å². The van der Waals surface area contributed by atoms with Crippen LogP contribution in [-0.2, 0) is 24.1 Å². The molecule has 1 aliphatic carbocycles. The standard InChI is InChI=1S/C35H46N2O5/c1-5-37(23-25-8-14-30(15-9-25)42-18-16-36(2)24-31-7-6-17-41-31)33-22-35(40-4)34(39-3)21-32(33)28-11-10-27-20-29(38)13-12-26(27)19-28/h8-9,12-15,20-22,28,31,38H,5-7,10-11,16-19,23-24H2,1-4H3/t28-,31+/m1/s1. The molecule has 0 amide bonds. The van der Waals surface area contributed by atoms with Crippen LogP contribution in [0.15, 0.2) is 54.6 Å². The Hall–Kier alpha value is -3.42. The van der Waals surface area contributed by atoms with Gasteiger partial charge in [-0.1, -0.05) is 18.2 Å². The number of hydrogen-bond acceptors (Lipinski definition) is 7. The van der Waals surface area contributed by atoms with Gasteiger partial charge in [0.1, 0.15) is 18.1 Å². The van der Waals surface area contributed by atoms with Gasteiger partial charge in [0, 0.05) is 44.5 Å². The van der Waals surface area contributed by atoms with E-state index in [9.17, 15) is 5.11 Å². The first-order chi connectivity index (χ1) is 20.5. The van der Waals surface area contributed by atoms with Gasteiger partial charge >= 0.3 is 0 Å². The quantitative estimate of drug-likeness (QED) is 0.261. The van der Waals surface area contributed by atoms with Gasteiger partial charge in [-0.3, -0.25) is 0 Å². The lowest BCUT2D eigenvalue weighted by Gasteiger charge is -2.32. The molecule has 5 rings (SSSR count). The van der Waals surface area contributed by atoms with E-state index >= 15 is 0 Å². The summed E-state index contributed by atoms with van der Waals surface area (Å²) in [7, 11) is 5.52. The number of anilines is 1. The van der Waals surface area contributed by atoms with Crippen molar-refractivity contribution < 1.29 is 24.1 Å². The molecular weight excluding hydrogens is 528 g/mol. The SMILES string of the molecule is CCN(Cc1ccc(OCCN(C)C[C@@H]2CCCO2)cc1)c1cc(OC)c(OC)cc1[C@@H]1CCc2cc(O)ccc2C1. The Morgan fingerprint density at radius 2 is 1.74 bits per heavy atom. The van der Waals surface area contributed by atoms with Gasteiger partial charge in [-0.05, 0) is 105 Å². The smallest absolute Gasteiger partial charge is 0.162 e. The molecule has 0 unspecified atom stereocenters. The molecule has 2 aliphatic rings. The number of aryl methyl sites for hydroxylation is 1. The van der Waals surface area contributed by atoms with Gasteiger partial charge in [0.25, 0.3) is 0 Å². The molecule has 0 saturated carbocycles. The van der Waals surface area contributed by atoms with Crippen LogP contribution in [0.2, 0.25) is 0 Å². The first-order valence-electron chi connectivity index (χ1n) is 15.3. The van der Waals surface area contributed by atoms with Crippen molar-refractivity contribution in [1.29, 1.82) is 0 Å². The van der Waals surface area contributed by atoms with Crippen molar-refractivity contribution in [3.63, 3.8) is 0 Å². The van der Waals surface area contributed by atoms with Gasteiger partial charge in [0.05, 0.1) is 20.3 Å². The first kappa shape index (κ1) is 30.1. The van der Waals surface area contributed by atoms with E-state index in [0.717, 1.165) is 75.7 Å². The predicted molar refractivity (Wildman–Crippen MR) is 168 cm³/mol. The Balaban J connectivity index is 1.28. The van der Waals surface area contributed by atoms with E-state index in [0.29, 0.717) is 24.4 Å². The number of benzene rings is 3. The van der Waals surface area contributed by atoms with Crippen molar-refractivity contribution in [2.75, 3.05) is 59.0 Å². The molecule has 0 bridgehead atoms. The Bertz CT molecular complexity index is 1310. The van der Waals surface area contributed by atoms with Crippen LogP contribution in [-0.4, -0.2) is 70.2 Å². The Kier molecular flexibility index (Phi) is 10.1. The third-order valence-electron chi connectivity index (χ3n) is 8.69. The summed E-state index contributed by atoms with van der Waals surface area (Å²) in [5, 5.41) is 9.96. The molecule has 1 fully saturated rings. The maximum Gasteiger partial charge on any atom is 0.162 e. The summed E-state index contributed by atoms with van der Waals surface area (Å²) in [5.74, 6) is 3.08. The summed E-state index contributed by atoms with van der Waals surface area (Å²) in [6.45, 7) is 7.22. The second-order valence-corrected chi connectivity index (χ2v) is 11.6. The van der Waals surface area contributed by atoms with E-state index in [1.807, 2.05) is 6.07 Å². The minimum atomic E-state index is 0.342. The molecule has 0 spiro atoms. The van der Waals surface area contributed by atoms with Crippen LogP contribution < -0.4 is 19.1 Å². The normalized spacial score (nSPS) is 18.1. The van der Waals surface area contributed by atoms with E-state index in [-0.39, 0.29) is 0 Å². The van der Waals surface area contributed by atoms with E-state index in [1.54, 1.807) is 20.3 Å². The molecule has 1 aliphatic heterocycles. The molecule has 42 heavy (non-hydrogen) atoms. The van der Waals surface area contributed by atoms with E-state index < -0.39 is 0 Å². The maximum absolute atomic E-state index is 9.96. The summed E-state index contributed by atoms with van der Waals surface area (Å²) in [5.41, 5.74) is 6.24. The highest BCUT2D eigenvalue weighted by Crippen LogP contribution is 2.43. The Labute approximate surface area is 251 Å². The second kappa shape index (κ2) is 14.2. The predicted octanol–water partition coefficient (Wildman–Crippen LogP) is 6.20. The highest BCUT2D eigenvalue weighted by atomic mass is 16.5. The van der Waals surface area contributed by atoms with Crippen LogP contribution in [0.1, 0.15) is 54.4 Å². The van der Waals surface area contributed by atoms with Crippen molar-refractivity contribution in [2.45, 2.75) is 57.6 Å². The molecule has 0 aromatic heterocycles. The lowest BCUT2D eigenvalue weighted by Crippen LogP contribution is -2.32. The van der Waals surface area contributed by atoms with Gasteiger partial charge in [0.2, 0.25) is 0 Å². The van der Waals surface area contributed by atoms with Gasteiger partial charge in [-0.2, -0.15) is 0 Å². The van der Waals surface area contributed by atoms with Crippen LogP contribution >= 0.6 is 0 Å². The average molecular weight is 575 g/mol. The van der Waals surface area contributed by atoms with Gasteiger partial charge < -0.3 is 33.9 Å². The van der Waals surface area contributed by atoms with Crippen LogP contribution in [0.5, 0.6) is 23.0 Å². The molecule has 1 N–H and O–H groups in total. The number of phenolic OH excluding ortho intramolecular Hbond substituents is 1. The first-order valence-corrected chi connectivity index (χ1v) is 15.3. The minimum absolute atomic E-state index is 0.342. The number of rotatable bonds is 13. The molecule has 0 radical (unpaired) electrons. The van der Waals surface area contributed by atoms with Gasteiger partial charge in [-0.25, -0.2) is 0 Å². The maximum atomic E-state index is 9.96. The van der Waals surface area contributed by atoms with Crippen molar-refractivity contribution in [1.82, 2.24) is 4.90 Å². The van der Waals surface area contributed by atoms with Crippen LogP contribution in [0.3, 0.4) is 0 Å². The summed E-state index contributed by atoms with van der Waals surface area (Å²) in [6, 6.07) is 18.6. The number of likely N-dealkylation sites (N-methyl/N-ethyl adjacent to an activating group) is 1. The number of methoxy groups -OCH3 is 2. The number of ether oxygens (including phenoxy) is 4. The minimum Gasteiger partial charge on any atom is -0.508 e. The zero-order valence-electron chi connectivity index (χ0n) is 25.6. The van der Waals surface area contributed by atoms with Crippen molar-refractivity contribution in [3.8, 4) is 23.0 Å². The molecule has 2 atom stereocenters. The highest BCUT2D eigenvalue weighted by Gasteiger charge is 2.26. The second-order valence-electron chi connectivity index (χ2n) is 11.6. The molecule has 1 saturated heterocycles. The Morgan fingerprint density at radius 3 is 2.45 bits per heavy atom. The highest BCUT2D eigenvalue weighted by molar-refractivity contribution is 5.64. The number of aromatic hydroxyl groups is 1. The molecular formula is C35H46N2O5. The molecule has 3 aromatic rings. The van der Waals surface area contributed by atoms with Crippen molar-refractivity contribution in [2.24, 2.45) is 0 Å². The topological polar surface area (TPSA) is 63.6 Å². The van der Waals surface area contributed by atoms with Gasteiger partial charge in [0.15, 0.2) is 11.5 Å². The van der Waals surface area contributed by atoms with Crippen molar-refractivity contribution >= 4 is 5.69 Å². The molecule has 1 heterocycles. The number of fused-ring (bicyclic) bond motifs is 1. The van der Waals surface area contributed by atoms with E-state index in [1.165, 1.54) is 34.4 Å². The summed E-state index contributed by atoms with van der Waals surface area (Å²) >= 11 is 0. The van der Waals surface area contributed by atoms with Gasteiger partial charge in [-0.15, -0.1) is 0 Å². The lowest BCUT2D eigenvalue weighted by atomic mass is 9.79. The third kappa shape index (κ3) is 7.31.